The lowest BCUT2D eigenvalue weighted by atomic mass is 10.0. The summed E-state index contributed by atoms with van der Waals surface area (Å²) in [5, 5.41) is 0. The van der Waals surface area contributed by atoms with Crippen LogP contribution in [0.15, 0.2) is 24.3 Å². The van der Waals surface area contributed by atoms with Gasteiger partial charge in [-0.15, -0.1) is 0 Å². The Hall–Kier alpha value is 0.190. The van der Waals surface area contributed by atoms with Crippen LogP contribution in [0.3, 0.4) is 0 Å². The van der Waals surface area contributed by atoms with Crippen molar-refractivity contribution in [3.63, 3.8) is 0 Å². The van der Waals surface area contributed by atoms with Gasteiger partial charge in [0.05, 0.1) is 9.26 Å². The molecule has 0 amide bonds. The van der Waals surface area contributed by atoms with E-state index in [1.54, 1.807) is 0 Å². The monoisotopic (exact) mass is 634 g/mol. The van der Waals surface area contributed by atoms with Crippen LogP contribution in [0.5, 0.6) is 11.5 Å². The summed E-state index contributed by atoms with van der Waals surface area (Å²) >= 11 is 6.77. The van der Waals surface area contributed by atoms with Crippen molar-refractivity contribution in [1.29, 1.82) is 0 Å². The van der Waals surface area contributed by atoms with Gasteiger partial charge in [-0.3, -0.25) is 0 Å². The second-order valence-corrected chi connectivity index (χ2v) is 8.79. The highest BCUT2D eigenvalue weighted by Crippen LogP contribution is 2.34. The van der Waals surface area contributed by atoms with Crippen molar-refractivity contribution in [3.8, 4) is 11.5 Å². The molecule has 0 aliphatic heterocycles. The van der Waals surface area contributed by atoms with Crippen LogP contribution in [0.4, 0.5) is 5.69 Å². The number of aryl methyl sites for hydroxylation is 1. The third-order valence-corrected chi connectivity index (χ3v) is 5.71. The summed E-state index contributed by atoms with van der Waals surface area (Å²) in [6.07, 6.45) is 0.870. The minimum atomic E-state index is 0.155. The van der Waals surface area contributed by atoms with E-state index in [0.29, 0.717) is 0 Å². The average molecular weight is 634 g/mol. The zero-order chi connectivity index (χ0) is 16.4. The molecule has 0 heterocycles. The molecule has 2 aromatic carbocycles. The van der Waals surface area contributed by atoms with Crippen LogP contribution in [0.2, 0.25) is 0 Å². The zero-order valence-corrected chi connectivity index (χ0v) is 18.8. The molecular formula is C16H17I3N2O. The first-order valence-corrected chi connectivity index (χ1v) is 9.98. The Morgan fingerprint density at radius 3 is 2.14 bits per heavy atom. The van der Waals surface area contributed by atoms with Gasteiger partial charge in [-0.25, -0.2) is 0 Å². The molecule has 0 fully saturated rings. The SMILES string of the molecule is Cc1cc(C[C@@H](C)N)cc(I)c1Oc1cc(I)c(N)c(I)c1. The van der Waals surface area contributed by atoms with Crippen molar-refractivity contribution in [2.24, 2.45) is 5.73 Å². The van der Waals surface area contributed by atoms with E-state index in [0.717, 1.165) is 39.9 Å². The highest BCUT2D eigenvalue weighted by Gasteiger charge is 2.12. The van der Waals surface area contributed by atoms with Gasteiger partial charge in [0, 0.05) is 13.2 Å². The Kier molecular flexibility index (Phi) is 6.60. The second-order valence-electron chi connectivity index (χ2n) is 5.31. The molecule has 2 rings (SSSR count). The predicted octanol–water partition coefficient (Wildman–Crippen LogP) is 5.07. The van der Waals surface area contributed by atoms with Gasteiger partial charge in [-0.2, -0.15) is 0 Å². The maximum absolute atomic E-state index is 6.11. The fourth-order valence-corrected chi connectivity index (χ4v) is 4.81. The summed E-state index contributed by atoms with van der Waals surface area (Å²) in [6, 6.07) is 8.36. The summed E-state index contributed by atoms with van der Waals surface area (Å²) < 4.78 is 9.21. The Balaban J connectivity index is 2.34. The molecule has 0 saturated heterocycles. The van der Waals surface area contributed by atoms with Crippen LogP contribution in [0.1, 0.15) is 18.1 Å². The van der Waals surface area contributed by atoms with Gasteiger partial charge in [-0.05, 0) is 117 Å². The highest BCUT2D eigenvalue weighted by atomic mass is 127. The first-order chi connectivity index (χ1) is 10.3. The Bertz CT molecular complexity index is 656. The van der Waals surface area contributed by atoms with Crippen molar-refractivity contribution in [1.82, 2.24) is 0 Å². The molecule has 0 radical (unpaired) electrons. The number of benzene rings is 2. The number of halogens is 3. The van der Waals surface area contributed by atoms with Gasteiger partial charge in [0.1, 0.15) is 11.5 Å². The normalized spacial score (nSPS) is 12.3. The number of hydrogen-bond donors (Lipinski definition) is 2. The van der Waals surface area contributed by atoms with E-state index < -0.39 is 0 Å². The van der Waals surface area contributed by atoms with Gasteiger partial charge in [0.25, 0.3) is 0 Å². The van der Waals surface area contributed by atoms with Crippen LogP contribution >= 0.6 is 67.8 Å². The molecule has 0 aromatic heterocycles. The van der Waals surface area contributed by atoms with Crippen LogP contribution in [-0.2, 0) is 6.42 Å². The summed E-state index contributed by atoms with van der Waals surface area (Å²) in [5.74, 6) is 1.70. The maximum atomic E-state index is 6.11. The smallest absolute Gasteiger partial charge is 0.143 e. The molecule has 118 valence electrons. The number of anilines is 1. The van der Waals surface area contributed by atoms with Gasteiger partial charge < -0.3 is 16.2 Å². The van der Waals surface area contributed by atoms with E-state index in [-0.39, 0.29) is 6.04 Å². The third kappa shape index (κ3) is 4.60. The van der Waals surface area contributed by atoms with Crippen LogP contribution in [0.25, 0.3) is 0 Å². The van der Waals surface area contributed by atoms with E-state index in [9.17, 15) is 0 Å². The van der Waals surface area contributed by atoms with E-state index in [1.807, 2.05) is 19.1 Å². The summed E-state index contributed by atoms with van der Waals surface area (Å²) in [5.41, 5.74) is 15.0. The average Bonchev–Trinajstić information content (AvgIpc) is 2.39. The molecule has 6 heteroatoms. The van der Waals surface area contributed by atoms with Crippen molar-refractivity contribution < 1.29 is 4.74 Å². The standard InChI is InChI=1S/C16H17I3N2O/c1-8-3-10(4-9(2)20)5-14(19)16(8)22-11-6-12(17)15(21)13(18)7-11/h3,5-7,9H,4,20-21H2,1-2H3/t9-/m1/s1. The minimum Gasteiger partial charge on any atom is -0.456 e. The molecule has 0 aliphatic rings. The molecule has 0 aliphatic carbocycles. The quantitative estimate of drug-likeness (QED) is 0.365. The number of rotatable bonds is 4. The van der Waals surface area contributed by atoms with Crippen LogP contribution < -0.4 is 16.2 Å². The number of nitrogens with two attached hydrogens (primary N) is 2. The Labute approximate surface area is 172 Å². The molecule has 1 atom stereocenters. The highest BCUT2D eigenvalue weighted by molar-refractivity contribution is 14.1. The first kappa shape index (κ1) is 18.5. The molecule has 4 N–H and O–H groups in total. The Morgan fingerprint density at radius 1 is 1.05 bits per heavy atom. The summed E-state index contributed by atoms with van der Waals surface area (Å²) in [4.78, 5) is 0. The summed E-state index contributed by atoms with van der Waals surface area (Å²) in [7, 11) is 0. The van der Waals surface area contributed by atoms with Crippen molar-refractivity contribution >= 4 is 73.5 Å². The van der Waals surface area contributed by atoms with Gasteiger partial charge in [0.15, 0.2) is 0 Å². The molecular weight excluding hydrogens is 617 g/mol. The van der Waals surface area contributed by atoms with Crippen LogP contribution in [0, 0.1) is 17.6 Å². The fraction of sp³-hybridized carbons (Fsp3) is 0.250. The molecule has 3 nitrogen and oxygen atoms in total. The van der Waals surface area contributed by atoms with Crippen LogP contribution in [-0.4, -0.2) is 6.04 Å². The van der Waals surface area contributed by atoms with Gasteiger partial charge in [-0.1, -0.05) is 6.07 Å². The fourth-order valence-electron chi connectivity index (χ4n) is 2.16. The topological polar surface area (TPSA) is 61.3 Å². The Morgan fingerprint density at radius 2 is 1.64 bits per heavy atom. The van der Waals surface area contributed by atoms with E-state index in [4.69, 9.17) is 16.2 Å². The number of ether oxygens (including phenoxy) is 1. The van der Waals surface area contributed by atoms with Gasteiger partial charge in [0.2, 0.25) is 0 Å². The lowest BCUT2D eigenvalue weighted by molar-refractivity contribution is 0.474. The lowest BCUT2D eigenvalue weighted by Crippen LogP contribution is -2.17. The van der Waals surface area contributed by atoms with Gasteiger partial charge >= 0.3 is 0 Å². The van der Waals surface area contributed by atoms with Crippen molar-refractivity contribution in [2.75, 3.05) is 5.73 Å². The number of hydrogen-bond acceptors (Lipinski definition) is 3. The molecule has 0 spiro atoms. The maximum Gasteiger partial charge on any atom is 0.143 e. The largest absolute Gasteiger partial charge is 0.456 e. The molecule has 22 heavy (non-hydrogen) atoms. The van der Waals surface area contributed by atoms with E-state index in [2.05, 4.69) is 86.8 Å². The van der Waals surface area contributed by atoms with E-state index >= 15 is 0 Å². The predicted molar refractivity (Wildman–Crippen MR) is 118 cm³/mol. The minimum absolute atomic E-state index is 0.155. The first-order valence-electron chi connectivity index (χ1n) is 6.75. The third-order valence-electron chi connectivity index (χ3n) is 3.12. The molecule has 2 aromatic rings. The molecule has 0 bridgehead atoms. The van der Waals surface area contributed by atoms with Crippen molar-refractivity contribution in [2.45, 2.75) is 26.3 Å². The molecule has 0 saturated carbocycles. The molecule has 0 unspecified atom stereocenters. The van der Waals surface area contributed by atoms with Crippen molar-refractivity contribution in [3.05, 3.63) is 46.1 Å². The zero-order valence-electron chi connectivity index (χ0n) is 12.3. The lowest BCUT2D eigenvalue weighted by Gasteiger charge is -2.15. The number of nitrogen functional groups attached to an aromatic ring is 1. The summed E-state index contributed by atoms with van der Waals surface area (Å²) in [6.45, 7) is 4.08. The van der Waals surface area contributed by atoms with E-state index in [1.165, 1.54) is 5.56 Å². The second kappa shape index (κ2) is 7.84.